The minimum absolute atomic E-state index is 0. The molecule has 0 nitrogen and oxygen atoms in total. The van der Waals surface area contributed by atoms with E-state index in [1.165, 1.54) is 109 Å². The van der Waals surface area contributed by atoms with E-state index in [1.807, 2.05) is 0 Å². The summed E-state index contributed by atoms with van der Waals surface area (Å²) in [4.78, 5) is 0. The van der Waals surface area contributed by atoms with Crippen LogP contribution < -0.4 is 0 Å². The summed E-state index contributed by atoms with van der Waals surface area (Å²) in [5.41, 5.74) is 1.63. The van der Waals surface area contributed by atoms with Gasteiger partial charge in [0.2, 0.25) is 0 Å². The third-order valence-electron chi connectivity index (χ3n) is 18.5. The van der Waals surface area contributed by atoms with Crippen LogP contribution in [-0.4, -0.2) is 0 Å². The molecular weight excluding hydrogens is 1230 g/mol. The normalized spacial score (nSPS) is 30.7. The second-order valence-electron chi connectivity index (χ2n) is 21.6. The Morgan fingerprint density at radius 2 is 0.743 bits per heavy atom. The molecule has 10 heteroatoms. The molecule has 0 radical (unpaired) electrons. The van der Waals surface area contributed by atoms with Gasteiger partial charge in [-0.05, 0) is 172 Å². The molecule has 0 aromatic heterocycles. The van der Waals surface area contributed by atoms with Crippen molar-refractivity contribution in [1.82, 2.24) is 0 Å². The van der Waals surface area contributed by atoms with Crippen molar-refractivity contribution in [2.45, 2.75) is 227 Å². The van der Waals surface area contributed by atoms with Gasteiger partial charge in [-0.3, -0.25) is 4.70 Å². The number of benzene rings is 1. The zero-order valence-electron chi connectivity index (χ0n) is 44.6. The Kier molecular flexibility index (Phi) is 57.0. The SMILES string of the molecule is C.C.C1CCC(CC2CCC3CCCCC32)C1.CC1CC(CC2CCCC2)C2CCCCC12.F.[CH3-].[CH3-].[CH3-].[CH3-].[CH3-].[CH3-].[Cl][Zr+2][Cl].[Cl][Zr+2][Cl].[Cl][Zr+2][Cl].c1ccc(C2CCCC3C(CC4CCCC4)CCC23)cc1. The molecule has 0 spiro atoms. The molecule has 0 aliphatic heterocycles. The maximum Gasteiger partial charge on any atom is -0.0131 e. The van der Waals surface area contributed by atoms with Gasteiger partial charge < -0.3 is 44.6 Å². The Bertz CT molecular complexity index is 1250. The van der Waals surface area contributed by atoms with Gasteiger partial charge in [-0.25, -0.2) is 0 Å². The Balaban J connectivity index is -0.000000265. The molecule has 70 heavy (non-hydrogen) atoms. The van der Waals surface area contributed by atoms with Crippen LogP contribution in [-0.2, 0) is 62.5 Å². The third-order valence-corrected chi connectivity index (χ3v) is 18.5. The summed E-state index contributed by atoms with van der Waals surface area (Å²) in [5, 5.41) is 0. The van der Waals surface area contributed by atoms with Crippen molar-refractivity contribution in [2.24, 2.45) is 76.9 Å². The average Bonchev–Trinajstić information content (AvgIpc) is 4.16. The Hall–Kier alpha value is 3.54. The third kappa shape index (κ3) is 27.1. The summed E-state index contributed by atoms with van der Waals surface area (Å²) in [7, 11) is 29.6. The Labute approximate surface area is 496 Å². The van der Waals surface area contributed by atoms with Crippen LogP contribution in [0.5, 0.6) is 0 Å². The van der Waals surface area contributed by atoms with Gasteiger partial charge in [-0.15, -0.1) is 0 Å². The van der Waals surface area contributed by atoms with Gasteiger partial charge in [0.05, 0.1) is 0 Å². The molecule has 0 amide bonds. The van der Waals surface area contributed by atoms with Crippen molar-refractivity contribution in [2.75, 3.05) is 0 Å². The van der Waals surface area contributed by atoms with Gasteiger partial charge in [0.25, 0.3) is 0 Å². The zero-order valence-corrected chi connectivity index (χ0v) is 56.5. The second kappa shape index (κ2) is 48.4. The van der Waals surface area contributed by atoms with Gasteiger partial charge in [0, 0.05) is 0 Å². The largest absolute Gasteiger partial charge is 0.0622 e. The first-order valence-electron chi connectivity index (χ1n) is 25.9. The van der Waals surface area contributed by atoms with Crippen molar-refractivity contribution in [1.29, 1.82) is 0 Å². The van der Waals surface area contributed by atoms with E-state index < -0.39 is 62.5 Å². The predicted molar refractivity (Wildman–Crippen MR) is 313 cm³/mol. The van der Waals surface area contributed by atoms with Crippen molar-refractivity contribution in [3.05, 3.63) is 80.5 Å². The van der Waals surface area contributed by atoms with Crippen LogP contribution in [0.15, 0.2) is 30.3 Å². The summed E-state index contributed by atoms with van der Waals surface area (Å²) >= 11 is -2.48. The van der Waals surface area contributed by atoms with E-state index >= 15 is 0 Å². The van der Waals surface area contributed by atoms with E-state index in [4.69, 9.17) is 51.1 Å². The van der Waals surface area contributed by atoms with Crippen molar-refractivity contribution in [3.8, 4) is 0 Å². The van der Waals surface area contributed by atoms with Gasteiger partial charge in [0.1, 0.15) is 0 Å². The van der Waals surface area contributed by atoms with Crippen molar-refractivity contribution in [3.63, 3.8) is 0 Å². The summed E-state index contributed by atoms with van der Waals surface area (Å²) in [6, 6.07) is 11.4. The van der Waals surface area contributed by atoms with E-state index in [9.17, 15) is 0 Å². The number of hydrogen-bond donors (Lipinski definition) is 0. The number of rotatable bonds is 7. The van der Waals surface area contributed by atoms with Crippen LogP contribution >= 0.6 is 51.1 Å². The minimum atomic E-state index is -0.826. The smallest absolute Gasteiger partial charge is 0.0131 e. The fraction of sp³-hybridized carbons (Fsp3) is 0.800. The molecule has 0 saturated heterocycles. The van der Waals surface area contributed by atoms with E-state index in [-0.39, 0.29) is 64.1 Å². The molecule has 1 aromatic carbocycles. The summed E-state index contributed by atoms with van der Waals surface area (Å²) in [6.45, 7) is 2.54. The minimum Gasteiger partial charge on any atom is -0.0622 e. The van der Waals surface area contributed by atoms with Crippen LogP contribution in [0.4, 0.5) is 4.70 Å². The van der Waals surface area contributed by atoms with Crippen LogP contribution in [0.25, 0.3) is 0 Å². The van der Waals surface area contributed by atoms with Crippen molar-refractivity contribution >= 4 is 51.1 Å². The molecule has 0 heterocycles. The van der Waals surface area contributed by atoms with Crippen LogP contribution in [0.1, 0.15) is 232 Å². The molecule has 11 unspecified atom stereocenters. The Morgan fingerprint density at radius 3 is 1.23 bits per heavy atom. The van der Waals surface area contributed by atoms with Crippen LogP contribution in [0.2, 0.25) is 0 Å². The summed E-state index contributed by atoms with van der Waals surface area (Å²) in [6.07, 6.45) is 48.0. The Morgan fingerprint density at radius 1 is 0.386 bits per heavy atom. The maximum absolute atomic E-state index is 4.93. The van der Waals surface area contributed by atoms with Crippen molar-refractivity contribution < 1.29 is 67.2 Å². The first-order chi connectivity index (χ1) is 29.9. The van der Waals surface area contributed by atoms with E-state index in [1.54, 1.807) is 102 Å². The molecule has 0 N–H and O–H groups in total. The fourth-order valence-electron chi connectivity index (χ4n) is 16.1. The van der Waals surface area contributed by atoms with Gasteiger partial charge >= 0.3 is 114 Å². The molecular formula is C60H111Cl6FZr3. The van der Waals surface area contributed by atoms with Gasteiger partial charge in [0.15, 0.2) is 0 Å². The predicted octanol–water partition coefficient (Wildman–Crippen LogP) is 24.2. The number of halogens is 7. The maximum atomic E-state index is 4.93. The molecule has 11 atom stereocenters. The zero-order chi connectivity index (χ0) is 43.2. The van der Waals surface area contributed by atoms with Gasteiger partial charge in [-0.2, -0.15) is 0 Å². The monoisotopic (exact) mass is 1330 g/mol. The average molecular weight is 1340 g/mol. The molecule has 412 valence electrons. The van der Waals surface area contributed by atoms with E-state index in [0.29, 0.717) is 0 Å². The summed E-state index contributed by atoms with van der Waals surface area (Å²) in [5.74, 6) is 15.3. The number of hydrogen-bond acceptors (Lipinski definition) is 0. The molecule has 9 fully saturated rings. The van der Waals surface area contributed by atoms with E-state index in [0.717, 1.165) is 76.9 Å². The molecule has 0 bridgehead atoms. The standard InChI is InChI=1S/C21H30.C16H28.C15H26.2CH4.6CH3.6ClH.FH.3Zr/c1-2-9-17(10-3-1)19-11-6-12-20-18(13-14-21(19)20)15-16-7-4-5-8-16;1-12-10-14(11-13-6-2-3-7-13)16-9-5-4-8-15(12)16;1-2-6-12(5-1)11-14-10-9-13-7-3-4-8-15(13)14;;;;;;;;;;;;;;;;;;/h1-3,9-10,16,18-21H,4-8,11-15H2;12-16H,2-11H2,1H3;12-15H,1-11H2;2*1H4;6*1H3;7*1H;;;/q;;;;;6*-1;;;;;;;;3*+4/p-6. The topological polar surface area (TPSA) is 0 Å². The first-order valence-corrected chi connectivity index (χ1v) is 44.9. The molecule has 1 aromatic rings. The number of fused-ring (bicyclic) bond motifs is 3. The fourth-order valence-corrected chi connectivity index (χ4v) is 16.1. The molecule has 9 saturated carbocycles. The van der Waals surface area contributed by atoms with E-state index in [2.05, 4.69) is 37.3 Å². The summed E-state index contributed by atoms with van der Waals surface area (Å²) < 4.78 is 0. The van der Waals surface area contributed by atoms with Gasteiger partial charge in [-0.1, -0.05) is 168 Å². The first kappa shape index (κ1) is 82.4. The van der Waals surface area contributed by atoms with Crippen LogP contribution in [0.3, 0.4) is 0 Å². The molecule has 9 aliphatic rings. The quantitative estimate of drug-likeness (QED) is 0.239. The van der Waals surface area contributed by atoms with Crippen LogP contribution in [0, 0.1) is 121 Å². The molecule has 9 aliphatic carbocycles. The second-order valence-corrected chi connectivity index (χ2v) is 32.8. The molecule has 10 rings (SSSR count).